The molecular weight excluding hydrogens is 304 g/mol. The van der Waals surface area contributed by atoms with Crippen LogP contribution < -0.4 is 5.32 Å². The van der Waals surface area contributed by atoms with Crippen LogP contribution in [0.2, 0.25) is 0 Å². The highest BCUT2D eigenvalue weighted by molar-refractivity contribution is 5.97. The van der Waals surface area contributed by atoms with E-state index >= 15 is 0 Å². The Morgan fingerprint density at radius 3 is 2.38 bits per heavy atom. The van der Waals surface area contributed by atoms with Crippen molar-refractivity contribution in [3.63, 3.8) is 0 Å². The first-order chi connectivity index (χ1) is 11.7. The molecule has 0 atom stereocenters. The van der Waals surface area contributed by atoms with E-state index in [0.29, 0.717) is 17.6 Å². The number of rotatable bonds is 3. The maximum Gasteiger partial charge on any atom is 0.289 e. The molecule has 2 aliphatic heterocycles. The van der Waals surface area contributed by atoms with Crippen molar-refractivity contribution < 1.29 is 9.59 Å². The Kier molecular flexibility index (Phi) is 4.29. The lowest BCUT2D eigenvalue weighted by molar-refractivity contribution is 0.0743. The van der Waals surface area contributed by atoms with Crippen molar-refractivity contribution in [2.75, 3.05) is 13.1 Å². The molecule has 0 spiro atoms. The summed E-state index contributed by atoms with van der Waals surface area (Å²) in [5.74, 6) is 0.385. The van der Waals surface area contributed by atoms with Gasteiger partial charge >= 0.3 is 0 Å². The van der Waals surface area contributed by atoms with Gasteiger partial charge in [0.1, 0.15) is 5.69 Å². The normalized spacial score (nSPS) is 21.1. The van der Waals surface area contributed by atoms with Gasteiger partial charge < -0.3 is 14.8 Å². The zero-order chi connectivity index (χ0) is 16.5. The predicted molar refractivity (Wildman–Crippen MR) is 90.0 cm³/mol. The zero-order valence-electron chi connectivity index (χ0n) is 14.2. The van der Waals surface area contributed by atoms with Crippen molar-refractivity contribution in [1.29, 1.82) is 0 Å². The number of aromatic nitrogens is 2. The van der Waals surface area contributed by atoms with Crippen molar-refractivity contribution in [1.82, 2.24) is 19.8 Å². The average Bonchev–Trinajstić information content (AvgIpc) is 3.37. The first-order valence-corrected chi connectivity index (χ1v) is 9.43. The van der Waals surface area contributed by atoms with E-state index in [-0.39, 0.29) is 11.8 Å². The lowest BCUT2D eigenvalue weighted by Crippen LogP contribution is -2.34. The van der Waals surface area contributed by atoms with Gasteiger partial charge in [0.05, 0.1) is 5.69 Å². The minimum Gasteiger partial charge on any atom is -0.348 e. The first kappa shape index (κ1) is 15.7. The van der Waals surface area contributed by atoms with Gasteiger partial charge in [0.25, 0.3) is 11.8 Å². The maximum atomic E-state index is 13.0. The summed E-state index contributed by atoms with van der Waals surface area (Å²) in [7, 11) is 0. The monoisotopic (exact) mass is 330 g/mol. The molecule has 24 heavy (non-hydrogen) atoms. The number of hydrogen-bond acceptors (Lipinski definition) is 3. The van der Waals surface area contributed by atoms with Crippen LogP contribution >= 0.6 is 0 Å². The highest BCUT2D eigenvalue weighted by atomic mass is 16.2. The van der Waals surface area contributed by atoms with E-state index in [2.05, 4.69) is 10.3 Å². The number of nitrogens with zero attached hydrogens (tertiary/aromatic N) is 3. The molecule has 2 amide bonds. The van der Waals surface area contributed by atoms with Gasteiger partial charge in [-0.15, -0.1) is 0 Å². The number of carbonyl (C=O) groups excluding carboxylic acids is 2. The molecule has 4 rings (SSSR count). The summed E-state index contributed by atoms with van der Waals surface area (Å²) in [6.07, 6.45) is 9.58. The summed E-state index contributed by atoms with van der Waals surface area (Å²) in [4.78, 5) is 32.0. The summed E-state index contributed by atoms with van der Waals surface area (Å²) in [5, 5.41) is 3.02. The molecule has 3 aliphatic rings. The second-order valence-electron chi connectivity index (χ2n) is 7.29. The fourth-order valence-corrected chi connectivity index (χ4v) is 3.78. The van der Waals surface area contributed by atoms with Crippen molar-refractivity contribution in [3.05, 3.63) is 17.2 Å². The Labute approximate surface area is 142 Å². The fraction of sp³-hybridized carbons (Fsp3) is 0.722. The molecule has 2 fully saturated rings. The van der Waals surface area contributed by atoms with Crippen LogP contribution in [0.25, 0.3) is 0 Å². The molecule has 6 nitrogen and oxygen atoms in total. The van der Waals surface area contributed by atoms with Crippen LogP contribution in [-0.2, 0) is 13.0 Å². The second-order valence-corrected chi connectivity index (χ2v) is 7.29. The van der Waals surface area contributed by atoms with E-state index in [4.69, 9.17) is 0 Å². The van der Waals surface area contributed by atoms with Crippen LogP contribution in [0.15, 0.2) is 0 Å². The third kappa shape index (κ3) is 3.06. The molecule has 1 saturated carbocycles. The van der Waals surface area contributed by atoms with E-state index in [1.807, 2.05) is 9.47 Å². The summed E-state index contributed by atoms with van der Waals surface area (Å²) in [5.41, 5.74) is 1.44. The molecule has 1 aliphatic carbocycles. The second kappa shape index (κ2) is 6.57. The Bertz CT molecular complexity index is 640. The minimum absolute atomic E-state index is 0.00511. The zero-order valence-corrected chi connectivity index (χ0v) is 14.2. The van der Waals surface area contributed by atoms with Gasteiger partial charge in [-0.3, -0.25) is 9.59 Å². The van der Waals surface area contributed by atoms with E-state index in [9.17, 15) is 9.59 Å². The summed E-state index contributed by atoms with van der Waals surface area (Å²) >= 11 is 0. The van der Waals surface area contributed by atoms with Crippen LogP contribution in [0.3, 0.4) is 0 Å². The van der Waals surface area contributed by atoms with E-state index in [1.54, 1.807) is 0 Å². The highest BCUT2D eigenvalue weighted by Crippen LogP contribution is 2.25. The van der Waals surface area contributed by atoms with Gasteiger partial charge in [-0.1, -0.05) is 12.8 Å². The Morgan fingerprint density at radius 2 is 1.67 bits per heavy atom. The van der Waals surface area contributed by atoms with E-state index in [1.165, 1.54) is 12.8 Å². The number of hydrogen-bond donors (Lipinski definition) is 1. The number of amides is 2. The lowest BCUT2D eigenvalue weighted by atomic mass is 10.1. The molecule has 1 saturated heterocycles. The van der Waals surface area contributed by atoms with Gasteiger partial charge in [-0.05, 0) is 44.9 Å². The van der Waals surface area contributed by atoms with E-state index < -0.39 is 0 Å². The van der Waals surface area contributed by atoms with Crippen LogP contribution in [-0.4, -0.2) is 45.4 Å². The van der Waals surface area contributed by atoms with E-state index in [0.717, 1.165) is 70.3 Å². The Balaban J connectivity index is 1.62. The molecule has 0 aromatic carbocycles. The quantitative estimate of drug-likeness (QED) is 0.923. The molecule has 130 valence electrons. The fourth-order valence-electron chi connectivity index (χ4n) is 3.78. The molecule has 0 radical (unpaired) electrons. The Morgan fingerprint density at radius 1 is 0.958 bits per heavy atom. The van der Waals surface area contributed by atoms with Crippen LogP contribution in [0.5, 0.6) is 0 Å². The van der Waals surface area contributed by atoms with Gasteiger partial charge in [0.2, 0.25) is 0 Å². The smallest absolute Gasteiger partial charge is 0.289 e. The minimum atomic E-state index is -0.0990. The molecular formula is C18H26N4O2. The molecule has 6 heteroatoms. The predicted octanol–water partition coefficient (Wildman–Crippen LogP) is 2.13. The van der Waals surface area contributed by atoms with Crippen LogP contribution in [0.4, 0.5) is 0 Å². The largest absolute Gasteiger partial charge is 0.348 e. The average molecular weight is 330 g/mol. The van der Waals surface area contributed by atoms with Crippen molar-refractivity contribution in [2.24, 2.45) is 0 Å². The highest BCUT2D eigenvalue weighted by Gasteiger charge is 2.32. The molecule has 0 unspecified atom stereocenters. The number of likely N-dealkylation sites (tertiary alicyclic amines) is 1. The molecule has 1 aromatic rings. The van der Waals surface area contributed by atoms with Crippen LogP contribution in [0, 0.1) is 0 Å². The Hall–Kier alpha value is -1.85. The summed E-state index contributed by atoms with van der Waals surface area (Å²) in [6.45, 7) is 2.42. The van der Waals surface area contributed by atoms with Gasteiger partial charge in [0, 0.05) is 25.7 Å². The van der Waals surface area contributed by atoms with Gasteiger partial charge in [-0.2, -0.15) is 0 Å². The first-order valence-electron chi connectivity index (χ1n) is 9.43. The number of fused-ring (bicyclic) bond motifs is 1. The molecule has 1 N–H and O–H groups in total. The van der Waals surface area contributed by atoms with Gasteiger partial charge in [-0.25, -0.2) is 4.98 Å². The van der Waals surface area contributed by atoms with Crippen molar-refractivity contribution in [2.45, 2.75) is 70.4 Å². The maximum absolute atomic E-state index is 13.0. The van der Waals surface area contributed by atoms with Crippen molar-refractivity contribution in [3.8, 4) is 0 Å². The van der Waals surface area contributed by atoms with Crippen LogP contribution in [0.1, 0.15) is 78.2 Å². The standard InChI is InChI=1S/C18H26N4O2/c23-17(19-13-8-9-13)15-14-7-3-6-12-22(14)16(20-15)18(24)21-10-4-1-2-5-11-21/h13H,1-12H2,(H,19,23). The topological polar surface area (TPSA) is 67.2 Å². The summed E-state index contributed by atoms with van der Waals surface area (Å²) in [6, 6.07) is 0.309. The molecule has 0 bridgehead atoms. The number of carbonyl (C=O) groups is 2. The lowest BCUT2D eigenvalue weighted by Gasteiger charge is -2.22. The third-order valence-electron chi connectivity index (χ3n) is 5.33. The summed E-state index contributed by atoms with van der Waals surface area (Å²) < 4.78 is 2.01. The third-order valence-corrected chi connectivity index (χ3v) is 5.33. The molecule has 3 heterocycles. The molecule has 1 aromatic heterocycles. The van der Waals surface area contributed by atoms with Crippen molar-refractivity contribution >= 4 is 11.8 Å². The SMILES string of the molecule is O=C(NC1CC1)c1nc(C(=O)N2CCCCCC2)n2c1CCCC2. The number of nitrogens with one attached hydrogen (secondary N) is 1. The van der Waals surface area contributed by atoms with Gasteiger partial charge in [0.15, 0.2) is 5.82 Å². The number of imidazole rings is 1.